The number of likely N-dealkylation sites (tertiary alicyclic amines) is 1. The Morgan fingerprint density at radius 3 is 2.85 bits per heavy atom. The number of aryl methyl sites for hydroxylation is 1. The summed E-state index contributed by atoms with van der Waals surface area (Å²) in [4.78, 5) is 30.1. The lowest BCUT2D eigenvalue weighted by atomic mass is 9.73. The number of carbonyl (C=O) groups is 1. The summed E-state index contributed by atoms with van der Waals surface area (Å²) in [7, 11) is 0. The molecule has 26 heavy (non-hydrogen) atoms. The van der Waals surface area contributed by atoms with Gasteiger partial charge in [0.25, 0.3) is 0 Å². The summed E-state index contributed by atoms with van der Waals surface area (Å²) in [5.41, 5.74) is 1.11. The van der Waals surface area contributed by atoms with E-state index in [1.807, 2.05) is 42.3 Å². The largest absolute Gasteiger partial charge is 0.356 e. The molecule has 2 saturated heterocycles. The second-order valence-electron chi connectivity index (χ2n) is 7.56. The minimum absolute atomic E-state index is 0.153. The Kier molecular flexibility index (Phi) is 4.57. The van der Waals surface area contributed by atoms with E-state index in [2.05, 4.69) is 19.9 Å². The van der Waals surface area contributed by atoms with Crippen LogP contribution in [-0.4, -0.2) is 45.4 Å². The van der Waals surface area contributed by atoms with Crippen LogP contribution in [0.25, 0.3) is 0 Å². The molecule has 1 unspecified atom stereocenters. The van der Waals surface area contributed by atoms with Crippen LogP contribution in [-0.2, 0) is 11.3 Å². The van der Waals surface area contributed by atoms with E-state index in [1.54, 1.807) is 6.20 Å². The Bertz CT molecular complexity index is 781. The van der Waals surface area contributed by atoms with Crippen molar-refractivity contribution in [1.29, 1.82) is 0 Å². The van der Waals surface area contributed by atoms with Crippen molar-refractivity contribution >= 4 is 11.7 Å². The van der Waals surface area contributed by atoms with Gasteiger partial charge in [0.15, 0.2) is 0 Å². The van der Waals surface area contributed by atoms with Crippen LogP contribution >= 0.6 is 0 Å². The molecule has 6 heteroatoms. The number of carbonyl (C=O) groups excluding carboxylic acids is 1. The molecule has 0 N–H and O–H groups in total. The summed E-state index contributed by atoms with van der Waals surface area (Å²) in [5.74, 6) is 2.05. The molecule has 1 atom stereocenters. The summed E-state index contributed by atoms with van der Waals surface area (Å²) in [5, 5.41) is 0. The molecule has 2 aliphatic heterocycles. The van der Waals surface area contributed by atoms with E-state index in [-0.39, 0.29) is 11.3 Å². The van der Waals surface area contributed by atoms with Crippen LogP contribution in [0, 0.1) is 12.3 Å². The van der Waals surface area contributed by atoms with Gasteiger partial charge in [-0.15, -0.1) is 0 Å². The number of hydrogen-bond donors (Lipinski definition) is 0. The van der Waals surface area contributed by atoms with Gasteiger partial charge >= 0.3 is 0 Å². The van der Waals surface area contributed by atoms with Gasteiger partial charge < -0.3 is 9.80 Å². The van der Waals surface area contributed by atoms with Gasteiger partial charge in [-0.3, -0.25) is 9.78 Å². The molecule has 6 nitrogen and oxygen atoms in total. The zero-order chi connectivity index (χ0) is 18.0. The van der Waals surface area contributed by atoms with E-state index in [1.165, 1.54) is 6.42 Å². The number of amides is 1. The van der Waals surface area contributed by atoms with Crippen LogP contribution in [0.2, 0.25) is 0 Å². The van der Waals surface area contributed by atoms with E-state index in [0.717, 1.165) is 49.8 Å². The highest BCUT2D eigenvalue weighted by atomic mass is 16.2. The van der Waals surface area contributed by atoms with Gasteiger partial charge in [-0.25, -0.2) is 9.97 Å². The number of pyridine rings is 1. The molecule has 0 bridgehead atoms. The van der Waals surface area contributed by atoms with Crippen LogP contribution < -0.4 is 4.90 Å². The first-order chi connectivity index (χ1) is 12.6. The fourth-order valence-corrected chi connectivity index (χ4v) is 4.29. The quantitative estimate of drug-likeness (QED) is 0.850. The van der Waals surface area contributed by atoms with E-state index in [9.17, 15) is 4.79 Å². The minimum Gasteiger partial charge on any atom is -0.356 e. The Balaban J connectivity index is 1.51. The molecule has 2 fully saturated rings. The van der Waals surface area contributed by atoms with Gasteiger partial charge in [0.2, 0.25) is 5.91 Å². The molecular weight excluding hydrogens is 326 g/mol. The molecule has 0 aromatic carbocycles. The van der Waals surface area contributed by atoms with Crippen LogP contribution in [0.4, 0.5) is 5.82 Å². The lowest BCUT2D eigenvalue weighted by Gasteiger charge is -2.48. The van der Waals surface area contributed by atoms with Gasteiger partial charge in [-0.1, -0.05) is 6.07 Å². The van der Waals surface area contributed by atoms with Crippen LogP contribution in [0.3, 0.4) is 0 Å². The second kappa shape index (κ2) is 7.02. The highest BCUT2D eigenvalue weighted by molar-refractivity contribution is 5.77. The van der Waals surface area contributed by atoms with E-state index in [0.29, 0.717) is 13.0 Å². The number of nitrogens with zero attached hydrogens (tertiary/aromatic N) is 5. The number of piperidine rings is 2. The van der Waals surface area contributed by atoms with E-state index in [4.69, 9.17) is 0 Å². The minimum atomic E-state index is 0.153. The fraction of sp³-hybridized carbons (Fsp3) is 0.500. The van der Waals surface area contributed by atoms with Gasteiger partial charge in [0.05, 0.1) is 12.2 Å². The Hall–Kier alpha value is -2.50. The van der Waals surface area contributed by atoms with Gasteiger partial charge in [-0.05, 0) is 44.4 Å². The SMILES string of the molecule is Cc1nccc(N2CCCC3(CCC(=O)N(Cc4ccccn4)C3)C2)n1. The lowest BCUT2D eigenvalue weighted by Crippen LogP contribution is -2.54. The second-order valence-corrected chi connectivity index (χ2v) is 7.56. The molecule has 0 radical (unpaired) electrons. The van der Waals surface area contributed by atoms with E-state index >= 15 is 0 Å². The zero-order valence-electron chi connectivity index (χ0n) is 15.3. The Morgan fingerprint density at radius 1 is 1.12 bits per heavy atom. The van der Waals surface area contributed by atoms with Gasteiger partial charge in [-0.2, -0.15) is 0 Å². The topological polar surface area (TPSA) is 62.2 Å². The molecule has 2 aliphatic rings. The molecule has 1 amide bonds. The zero-order valence-corrected chi connectivity index (χ0v) is 15.3. The number of anilines is 1. The highest BCUT2D eigenvalue weighted by Crippen LogP contribution is 2.40. The third kappa shape index (κ3) is 3.54. The molecule has 136 valence electrons. The summed E-state index contributed by atoms with van der Waals surface area (Å²) in [6.07, 6.45) is 7.51. The lowest BCUT2D eigenvalue weighted by molar-refractivity contribution is -0.138. The maximum Gasteiger partial charge on any atom is 0.222 e. The summed E-state index contributed by atoms with van der Waals surface area (Å²) < 4.78 is 0. The van der Waals surface area contributed by atoms with Crippen LogP contribution in [0.1, 0.15) is 37.2 Å². The van der Waals surface area contributed by atoms with Crippen molar-refractivity contribution in [3.8, 4) is 0 Å². The molecule has 4 heterocycles. The standard InChI is InChI=1S/C20H25N5O/c1-16-21-11-7-18(23-16)24-12-4-8-20(14-24)9-6-19(26)25(15-20)13-17-5-2-3-10-22-17/h2-3,5,7,10-11H,4,6,8-9,12-15H2,1H3. The molecule has 4 rings (SSSR count). The first-order valence-corrected chi connectivity index (χ1v) is 9.36. The smallest absolute Gasteiger partial charge is 0.222 e. The predicted octanol–water partition coefficient (Wildman–Crippen LogP) is 2.59. The van der Waals surface area contributed by atoms with Gasteiger partial charge in [0.1, 0.15) is 11.6 Å². The average molecular weight is 351 g/mol. The molecule has 1 spiro atoms. The number of hydrogen-bond acceptors (Lipinski definition) is 5. The molecule has 0 saturated carbocycles. The Morgan fingerprint density at radius 2 is 2.04 bits per heavy atom. The van der Waals surface area contributed by atoms with Crippen molar-refractivity contribution < 1.29 is 4.79 Å². The number of rotatable bonds is 3. The number of aromatic nitrogens is 3. The normalized spacial score (nSPS) is 23.5. The average Bonchev–Trinajstić information content (AvgIpc) is 2.66. The Labute approximate surface area is 154 Å². The maximum atomic E-state index is 12.5. The fourth-order valence-electron chi connectivity index (χ4n) is 4.29. The predicted molar refractivity (Wildman–Crippen MR) is 99.5 cm³/mol. The summed E-state index contributed by atoms with van der Waals surface area (Å²) >= 11 is 0. The van der Waals surface area contributed by atoms with Crippen molar-refractivity contribution in [2.45, 2.75) is 39.2 Å². The van der Waals surface area contributed by atoms with Crippen molar-refractivity contribution in [2.75, 3.05) is 24.5 Å². The molecule has 2 aromatic heterocycles. The van der Waals surface area contributed by atoms with Crippen LogP contribution in [0.15, 0.2) is 36.7 Å². The monoisotopic (exact) mass is 351 g/mol. The van der Waals surface area contributed by atoms with E-state index < -0.39 is 0 Å². The first kappa shape index (κ1) is 16.9. The highest BCUT2D eigenvalue weighted by Gasteiger charge is 2.42. The maximum absolute atomic E-state index is 12.5. The van der Waals surface area contributed by atoms with Gasteiger partial charge in [0, 0.05) is 43.9 Å². The summed E-state index contributed by atoms with van der Waals surface area (Å²) in [6, 6.07) is 7.87. The summed E-state index contributed by atoms with van der Waals surface area (Å²) in [6.45, 7) is 5.32. The van der Waals surface area contributed by atoms with Crippen molar-refractivity contribution in [1.82, 2.24) is 19.9 Å². The third-order valence-corrected chi connectivity index (χ3v) is 5.57. The molecule has 2 aromatic rings. The van der Waals surface area contributed by atoms with Crippen molar-refractivity contribution in [3.05, 3.63) is 48.2 Å². The van der Waals surface area contributed by atoms with Crippen LogP contribution in [0.5, 0.6) is 0 Å². The first-order valence-electron chi connectivity index (χ1n) is 9.36. The molecular formula is C20H25N5O. The third-order valence-electron chi connectivity index (χ3n) is 5.57. The molecule has 0 aliphatic carbocycles. The van der Waals surface area contributed by atoms with Crippen molar-refractivity contribution in [3.63, 3.8) is 0 Å². The van der Waals surface area contributed by atoms with Crippen molar-refractivity contribution in [2.24, 2.45) is 5.41 Å².